The highest BCUT2D eigenvalue weighted by molar-refractivity contribution is 7.90. The van der Waals surface area contributed by atoms with Gasteiger partial charge in [0.2, 0.25) is 5.91 Å². The second-order valence-electron chi connectivity index (χ2n) is 5.42. The quantitative estimate of drug-likeness (QED) is 0.886. The highest BCUT2D eigenvalue weighted by Crippen LogP contribution is 2.27. The van der Waals surface area contributed by atoms with E-state index >= 15 is 0 Å². The van der Waals surface area contributed by atoms with E-state index in [1.54, 1.807) is 25.2 Å². The number of amides is 1. The van der Waals surface area contributed by atoms with E-state index in [0.717, 1.165) is 6.07 Å². The fourth-order valence-electron chi connectivity index (χ4n) is 2.43. The Morgan fingerprint density at radius 1 is 1.28 bits per heavy atom. The van der Waals surface area contributed by atoms with Crippen LogP contribution in [0.5, 0.6) is 0 Å². The van der Waals surface area contributed by atoms with Crippen LogP contribution < -0.4 is 5.32 Å². The van der Waals surface area contributed by atoms with E-state index in [4.69, 9.17) is 11.6 Å². The van der Waals surface area contributed by atoms with Crippen LogP contribution in [0.2, 0.25) is 5.02 Å². The fraction of sp³-hybridized carbons (Fsp3) is 0.125. The number of nitrogens with zero attached hydrogens (tertiary/aromatic N) is 2. The van der Waals surface area contributed by atoms with Gasteiger partial charge in [-0.3, -0.25) is 4.79 Å². The van der Waals surface area contributed by atoms with E-state index in [2.05, 4.69) is 9.71 Å². The normalized spacial score (nSPS) is 14.6. The molecule has 1 N–H and O–H groups in total. The number of benzene rings is 2. The summed E-state index contributed by atoms with van der Waals surface area (Å²) < 4.78 is 41.0. The second-order valence-corrected chi connectivity index (χ2v) is 7.40. The van der Waals surface area contributed by atoms with Gasteiger partial charge in [0.05, 0.1) is 11.6 Å². The molecule has 0 fully saturated rings. The zero-order valence-corrected chi connectivity index (χ0v) is 14.6. The molecule has 1 heterocycles. The van der Waals surface area contributed by atoms with Gasteiger partial charge in [-0.1, -0.05) is 23.7 Å². The third-order valence-electron chi connectivity index (χ3n) is 3.56. The first kappa shape index (κ1) is 17.4. The van der Waals surface area contributed by atoms with Crippen LogP contribution in [0.15, 0.2) is 51.8 Å². The van der Waals surface area contributed by atoms with E-state index in [1.807, 2.05) is 0 Å². The number of likely N-dealkylation sites (N-methyl/N-ethyl adjacent to an activating group) is 1. The molecular weight excluding hydrogens is 369 g/mol. The Morgan fingerprint density at radius 2 is 2.00 bits per heavy atom. The molecule has 130 valence electrons. The lowest BCUT2D eigenvalue weighted by Crippen LogP contribution is -2.34. The molecular formula is C16H13ClFN3O3S. The minimum atomic E-state index is -3.75. The maximum atomic E-state index is 13.1. The van der Waals surface area contributed by atoms with Crippen LogP contribution in [-0.2, 0) is 14.8 Å². The Hall–Kier alpha value is -2.45. The van der Waals surface area contributed by atoms with E-state index in [-0.39, 0.29) is 22.3 Å². The van der Waals surface area contributed by atoms with E-state index in [9.17, 15) is 17.6 Å². The first-order chi connectivity index (χ1) is 11.8. The van der Waals surface area contributed by atoms with Gasteiger partial charge in [0.25, 0.3) is 10.0 Å². The van der Waals surface area contributed by atoms with Crippen LogP contribution in [0.25, 0.3) is 0 Å². The van der Waals surface area contributed by atoms with Crippen LogP contribution >= 0.6 is 11.6 Å². The molecule has 0 radical (unpaired) electrons. The Labute approximate surface area is 149 Å². The van der Waals surface area contributed by atoms with Crippen molar-refractivity contribution in [2.75, 3.05) is 18.9 Å². The van der Waals surface area contributed by atoms with Crippen LogP contribution in [0, 0.1) is 5.82 Å². The first-order valence-corrected chi connectivity index (χ1v) is 9.00. The molecule has 2 aromatic rings. The van der Waals surface area contributed by atoms with Gasteiger partial charge in [0.1, 0.15) is 10.7 Å². The van der Waals surface area contributed by atoms with Gasteiger partial charge in [-0.2, -0.15) is 8.42 Å². The van der Waals surface area contributed by atoms with Gasteiger partial charge in [0.15, 0.2) is 5.84 Å². The van der Waals surface area contributed by atoms with Crippen molar-refractivity contribution in [1.29, 1.82) is 0 Å². The number of rotatable bonds is 3. The van der Waals surface area contributed by atoms with Crippen molar-refractivity contribution in [3.63, 3.8) is 0 Å². The monoisotopic (exact) mass is 381 g/mol. The number of halogens is 2. The molecule has 1 aliphatic rings. The zero-order chi connectivity index (χ0) is 18.2. The summed E-state index contributed by atoms with van der Waals surface area (Å²) in [5.41, 5.74) is 0.786. The molecule has 0 spiro atoms. The molecule has 0 saturated carbocycles. The fourth-order valence-corrected chi connectivity index (χ4v) is 3.86. The number of carbonyl (C=O) groups is 1. The molecule has 9 heteroatoms. The van der Waals surface area contributed by atoms with Crippen molar-refractivity contribution in [2.24, 2.45) is 4.40 Å². The van der Waals surface area contributed by atoms with Crippen molar-refractivity contribution in [1.82, 2.24) is 4.90 Å². The minimum absolute atomic E-state index is 0.105. The Kier molecular flexibility index (Phi) is 4.49. The maximum absolute atomic E-state index is 13.1. The number of hydrogen-bond acceptors (Lipinski definition) is 4. The molecule has 25 heavy (non-hydrogen) atoms. The largest absolute Gasteiger partial charge is 0.349 e. The number of hydrogen-bond donors (Lipinski definition) is 1. The average Bonchev–Trinajstić information content (AvgIpc) is 2.83. The molecule has 0 atom stereocenters. The van der Waals surface area contributed by atoms with Gasteiger partial charge in [-0.15, -0.1) is 4.40 Å². The summed E-state index contributed by atoms with van der Waals surface area (Å²) >= 11 is 5.67. The first-order valence-electron chi connectivity index (χ1n) is 7.18. The number of nitrogens with one attached hydrogen (secondary N) is 1. The smallest absolute Gasteiger partial charge is 0.285 e. The van der Waals surface area contributed by atoms with Crippen molar-refractivity contribution < 1.29 is 17.6 Å². The summed E-state index contributed by atoms with van der Waals surface area (Å²) in [5, 5.41) is 2.47. The Morgan fingerprint density at radius 3 is 2.72 bits per heavy atom. The molecule has 0 saturated heterocycles. The number of amidine groups is 1. The molecule has 1 amide bonds. The number of fused-ring (bicyclic) bond motifs is 1. The van der Waals surface area contributed by atoms with Gasteiger partial charge < -0.3 is 10.2 Å². The standard InChI is InChI=1S/C16H13ClFN3O3S/c1-21(9-15(22)19-10-6-7-13(18)12(17)8-10)16-11-4-2-3-5-14(11)25(23,24)20-16/h2-8H,9H2,1H3,(H,19,22). The van der Waals surface area contributed by atoms with E-state index < -0.39 is 21.7 Å². The van der Waals surface area contributed by atoms with Crippen LogP contribution in [-0.4, -0.2) is 38.7 Å². The van der Waals surface area contributed by atoms with E-state index in [0.29, 0.717) is 11.3 Å². The van der Waals surface area contributed by atoms with Crippen molar-refractivity contribution >= 4 is 39.1 Å². The van der Waals surface area contributed by atoms with Crippen LogP contribution in [0.1, 0.15) is 5.56 Å². The predicted molar refractivity (Wildman–Crippen MR) is 92.8 cm³/mol. The molecule has 6 nitrogen and oxygen atoms in total. The maximum Gasteiger partial charge on any atom is 0.285 e. The highest BCUT2D eigenvalue weighted by Gasteiger charge is 2.30. The molecule has 2 aromatic carbocycles. The summed E-state index contributed by atoms with van der Waals surface area (Å²) in [6.45, 7) is -0.141. The molecule has 0 bridgehead atoms. The van der Waals surface area contributed by atoms with Gasteiger partial charge >= 0.3 is 0 Å². The van der Waals surface area contributed by atoms with Gasteiger partial charge in [0, 0.05) is 18.3 Å². The number of sulfonamides is 1. The molecule has 1 aliphatic heterocycles. The molecule has 0 aliphatic carbocycles. The predicted octanol–water partition coefficient (Wildman–Crippen LogP) is 2.50. The number of anilines is 1. The molecule has 0 unspecified atom stereocenters. The average molecular weight is 382 g/mol. The zero-order valence-electron chi connectivity index (χ0n) is 13.0. The van der Waals surface area contributed by atoms with Crippen LogP contribution in [0.3, 0.4) is 0 Å². The summed E-state index contributed by atoms with van der Waals surface area (Å²) in [5.74, 6) is -0.809. The van der Waals surface area contributed by atoms with Crippen LogP contribution in [0.4, 0.5) is 10.1 Å². The van der Waals surface area contributed by atoms with Gasteiger partial charge in [-0.05, 0) is 30.3 Å². The van der Waals surface area contributed by atoms with Crippen molar-refractivity contribution in [3.05, 3.63) is 58.9 Å². The second kappa shape index (κ2) is 6.45. The Balaban J connectivity index is 1.75. The topological polar surface area (TPSA) is 78.8 Å². The summed E-state index contributed by atoms with van der Waals surface area (Å²) in [6.07, 6.45) is 0. The lowest BCUT2D eigenvalue weighted by Gasteiger charge is -2.18. The third kappa shape index (κ3) is 3.49. The SMILES string of the molecule is CN(CC(=O)Nc1ccc(F)c(Cl)c1)C1=NS(=O)(=O)c2ccccc21. The number of carbonyl (C=O) groups excluding carboxylic acids is 1. The summed E-state index contributed by atoms with van der Waals surface area (Å²) in [7, 11) is -2.19. The Bertz CT molecular complexity index is 992. The van der Waals surface area contributed by atoms with Crippen molar-refractivity contribution in [2.45, 2.75) is 4.90 Å². The molecule has 0 aromatic heterocycles. The van der Waals surface area contributed by atoms with Crippen molar-refractivity contribution in [3.8, 4) is 0 Å². The lowest BCUT2D eigenvalue weighted by molar-refractivity contribution is -0.116. The summed E-state index contributed by atoms with van der Waals surface area (Å²) in [6, 6.07) is 10.2. The summed E-state index contributed by atoms with van der Waals surface area (Å²) in [4.78, 5) is 13.7. The minimum Gasteiger partial charge on any atom is -0.349 e. The third-order valence-corrected chi connectivity index (χ3v) is 5.17. The highest BCUT2D eigenvalue weighted by atomic mass is 35.5. The van der Waals surface area contributed by atoms with Gasteiger partial charge in [-0.25, -0.2) is 4.39 Å². The lowest BCUT2D eigenvalue weighted by atomic mass is 10.2. The van der Waals surface area contributed by atoms with E-state index in [1.165, 1.54) is 23.1 Å². The molecule has 3 rings (SSSR count).